The molecule has 0 aliphatic carbocycles. The molecule has 3 amide bonds. The third-order valence-electron chi connectivity index (χ3n) is 6.55. The molecule has 28 heavy (non-hydrogen) atoms. The predicted molar refractivity (Wildman–Crippen MR) is 107 cm³/mol. The SMILES string of the molecule is CN(C)C(=O)CC1CC2(CCN(C(=O)N3CCCC3)CC2)Oc2ccccc21. The van der Waals surface area contributed by atoms with Crippen LogP contribution in [0.25, 0.3) is 0 Å². The first kappa shape index (κ1) is 19.1. The van der Waals surface area contributed by atoms with Crippen LogP contribution in [-0.4, -0.2) is 72.5 Å². The average molecular weight is 386 g/mol. The van der Waals surface area contributed by atoms with E-state index in [1.54, 1.807) is 4.90 Å². The molecule has 0 radical (unpaired) electrons. The van der Waals surface area contributed by atoms with E-state index in [1.165, 1.54) is 0 Å². The molecule has 4 rings (SSSR count). The first-order valence-electron chi connectivity index (χ1n) is 10.5. The summed E-state index contributed by atoms with van der Waals surface area (Å²) in [5.74, 6) is 1.23. The summed E-state index contributed by atoms with van der Waals surface area (Å²) in [6.07, 6.45) is 5.23. The molecule has 3 heterocycles. The maximum atomic E-state index is 12.7. The van der Waals surface area contributed by atoms with Gasteiger partial charge in [-0.05, 0) is 30.9 Å². The van der Waals surface area contributed by atoms with Gasteiger partial charge in [-0.25, -0.2) is 4.79 Å². The second-order valence-electron chi connectivity index (χ2n) is 8.68. The summed E-state index contributed by atoms with van der Waals surface area (Å²) >= 11 is 0. The van der Waals surface area contributed by atoms with E-state index in [0.717, 1.165) is 69.6 Å². The van der Waals surface area contributed by atoms with E-state index in [4.69, 9.17) is 4.74 Å². The molecule has 0 N–H and O–H groups in total. The number of carbonyl (C=O) groups excluding carboxylic acids is 2. The number of benzene rings is 1. The third kappa shape index (κ3) is 3.69. The first-order chi connectivity index (χ1) is 13.5. The van der Waals surface area contributed by atoms with Crippen molar-refractivity contribution in [3.05, 3.63) is 29.8 Å². The fourth-order valence-electron chi connectivity index (χ4n) is 4.84. The van der Waals surface area contributed by atoms with Crippen LogP contribution in [0.15, 0.2) is 24.3 Å². The number of ether oxygens (including phenoxy) is 1. The lowest BCUT2D eigenvalue weighted by Crippen LogP contribution is -2.54. The van der Waals surface area contributed by atoms with Gasteiger partial charge in [0.25, 0.3) is 0 Å². The van der Waals surface area contributed by atoms with Gasteiger partial charge in [-0.1, -0.05) is 18.2 Å². The van der Waals surface area contributed by atoms with Gasteiger partial charge in [-0.3, -0.25) is 4.79 Å². The number of likely N-dealkylation sites (tertiary alicyclic amines) is 2. The lowest BCUT2D eigenvalue weighted by Gasteiger charge is -2.47. The van der Waals surface area contributed by atoms with Crippen molar-refractivity contribution in [3.63, 3.8) is 0 Å². The number of piperidine rings is 1. The van der Waals surface area contributed by atoms with E-state index in [-0.39, 0.29) is 23.5 Å². The van der Waals surface area contributed by atoms with E-state index in [2.05, 4.69) is 6.07 Å². The number of amides is 3. The molecule has 3 aliphatic rings. The lowest BCUT2D eigenvalue weighted by atomic mass is 9.76. The van der Waals surface area contributed by atoms with E-state index in [1.807, 2.05) is 42.1 Å². The van der Waals surface area contributed by atoms with Crippen LogP contribution < -0.4 is 4.74 Å². The van der Waals surface area contributed by atoms with Crippen LogP contribution in [-0.2, 0) is 4.79 Å². The van der Waals surface area contributed by atoms with Crippen LogP contribution in [0.1, 0.15) is 50.0 Å². The minimum absolute atomic E-state index is 0.151. The highest BCUT2D eigenvalue weighted by Crippen LogP contribution is 2.46. The summed E-state index contributed by atoms with van der Waals surface area (Å²) in [5.41, 5.74) is 0.867. The van der Waals surface area contributed by atoms with Crippen molar-refractivity contribution in [3.8, 4) is 5.75 Å². The molecule has 1 aromatic rings. The largest absolute Gasteiger partial charge is 0.487 e. The number of carbonyl (C=O) groups is 2. The number of fused-ring (bicyclic) bond motifs is 1. The van der Waals surface area contributed by atoms with Crippen LogP contribution >= 0.6 is 0 Å². The fourth-order valence-corrected chi connectivity index (χ4v) is 4.84. The molecule has 2 fully saturated rings. The Morgan fingerprint density at radius 3 is 2.39 bits per heavy atom. The van der Waals surface area contributed by atoms with E-state index >= 15 is 0 Å². The van der Waals surface area contributed by atoms with Crippen LogP contribution in [0, 0.1) is 0 Å². The van der Waals surface area contributed by atoms with Crippen molar-refractivity contribution in [2.75, 3.05) is 40.3 Å². The zero-order chi connectivity index (χ0) is 19.7. The lowest BCUT2D eigenvalue weighted by molar-refractivity contribution is -0.129. The van der Waals surface area contributed by atoms with Crippen LogP contribution in [0.3, 0.4) is 0 Å². The standard InChI is InChI=1S/C22H31N3O3/c1-23(2)20(26)15-17-16-22(28-19-8-4-3-7-18(17)19)9-13-25(14-10-22)21(27)24-11-5-6-12-24/h3-4,7-8,17H,5-6,9-16H2,1-2H3. The summed E-state index contributed by atoms with van der Waals surface area (Å²) in [7, 11) is 3.62. The molecular weight excluding hydrogens is 354 g/mol. The number of hydrogen-bond donors (Lipinski definition) is 0. The number of para-hydroxylation sites is 1. The monoisotopic (exact) mass is 385 g/mol. The van der Waals surface area contributed by atoms with Gasteiger partial charge < -0.3 is 19.4 Å². The average Bonchev–Trinajstić information content (AvgIpc) is 3.23. The molecule has 1 unspecified atom stereocenters. The predicted octanol–water partition coefficient (Wildman–Crippen LogP) is 3.08. The fraction of sp³-hybridized carbons (Fsp3) is 0.636. The highest BCUT2D eigenvalue weighted by molar-refractivity contribution is 5.77. The third-order valence-corrected chi connectivity index (χ3v) is 6.55. The van der Waals surface area contributed by atoms with Gasteiger partial charge in [-0.2, -0.15) is 0 Å². The van der Waals surface area contributed by atoms with Gasteiger partial charge in [0.1, 0.15) is 11.4 Å². The van der Waals surface area contributed by atoms with Crippen LogP contribution in [0.4, 0.5) is 4.79 Å². The summed E-state index contributed by atoms with van der Waals surface area (Å²) in [5, 5.41) is 0. The summed E-state index contributed by atoms with van der Waals surface area (Å²) in [6.45, 7) is 3.23. The van der Waals surface area contributed by atoms with Gasteiger partial charge in [0, 0.05) is 65.5 Å². The maximum absolute atomic E-state index is 12.7. The molecule has 0 aromatic heterocycles. The Morgan fingerprint density at radius 2 is 1.71 bits per heavy atom. The highest BCUT2D eigenvalue weighted by Gasteiger charge is 2.44. The molecule has 0 saturated carbocycles. The molecule has 3 aliphatic heterocycles. The molecule has 1 aromatic carbocycles. The van der Waals surface area contributed by atoms with Crippen molar-refractivity contribution < 1.29 is 14.3 Å². The zero-order valence-electron chi connectivity index (χ0n) is 17.0. The molecule has 152 valence electrons. The quantitative estimate of drug-likeness (QED) is 0.786. The molecule has 1 spiro atoms. The molecule has 1 atom stereocenters. The van der Waals surface area contributed by atoms with Crippen LogP contribution in [0.2, 0.25) is 0 Å². The normalized spacial score (nSPS) is 23.3. The van der Waals surface area contributed by atoms with Gasteiger partial charge in [0.05, 0.1) is 0 Å². The second-order valence-corrected chi connectivity index (χ2v) is 8.68. The Hall–Kier alpha value is -2.24. The second kappa shape index (κ2) is 7.64. The Labute approximate surface area is 167 Å². The Kier molecular flexibility index (Phi) is 5.21. The molecule has 6 heteroatoms. The van der Waals surface area contributed by atoms with Crippen molar-refractivity contribution in [2.24, 2.45) is 0 Å². The zero-order valence-corrected chi connectivity index (χ0v) is 17.0. The Morgan fingerprint density at radius 1 is 1.07 bits per heavy atom. The molecule has 0 bridgehead atoms. The molecule has 2 saturated heterocycles. The molecular formula is C22H31N3O3. The van der Waals surface area contributed by atoms with Gasteiger partial charge in [0.2, 0.25) is 5.91 Å². The van der Waals surface area contributed by atoms with E-state index in [9.17, 15) is 9.59 Å². The van der Waals surface area contributed by atoms with Crippen molar-refractivity contribution in [1.29, 1.82) is 0 Å². The number of hydrogen-bond acceptors (Lipinski definition) is 3. The Bertz CT molecular complexity index is 734. The first-order valence-corrected chi connectivity index (χ1v) is 10.5. The minimum atomic E-state index is -0.270. The number of rotatable bonds is 2. The van der Waals surface area contributed by atoms with Gasteiger partial charge in [-0.15, -0.1) is 0 Å². The maximum Gasteiger partial charge on any atom is 0.320 e. The van der Waals surface area contributed by atoms with Gasteiger partial charge >= 0.3 is 6.03 Å². The number of nitrogens with zero attached hydrogens (tertiary/aromatic N) is 3. The van der Waals surface area contributed by atoms with E-state index < -0.39 is 0 Å². The summed E-state index contributed by atoms with van der Waals surface area (Å²) in [4.78, 5) is 30.8. The van der Waals surface area contributed by atoms with E-state index in [0.29, 0.717) is 6.42 Å². The summed E-state index contributed by atoms with van der Waals surface area (Å²) < 4.78 is 6.51. The van der Waals surface area contributed by atoms with Crippen LogP contribution in [0.5, 0.6) is 5.75 Å². The van der Waals surface area contributed by atoms with Crippen molar-refractivity contribution in [2.45, 2.75) is 50.0 Å². The number of urea groups is 1. The smallest absolute Gasteiger partial charge is 0.320 e. The topological polar surface area (TPSA) is 53.1 Å². The van der Waals surface area contributed by atoms with Crippen molar-refractivity contribution >= 4 is 11.9 Å². The molecule has 6 nitrogen and oxygen atoms in total. The minimum Gasteiger partial charge on any atom is -0.487 e. The van der Waals surface area contributed by atoms with Gasteiger partial charge in [0.15, 0.2) is 0 Å². The highest BCUT2D eigenvalue weighted by atomic mass is 16.5. The van der Waals surface area contributed by atoms with Crippen molar-refractivity contribution in [1.82, 2.24) is 14.7 Å². The Balaban J connectivity index is 1.48. The summed E-state index contributed by atoms with van der Waals surface area (Å²) in [6, 6.07) is 8.30.